The van der Waals surface area contributed by atoms with E-state index in [1.54, 1.807) is 18.3 Å². The average Bonchev–Trinajstić information content (AvgIpc) is 2.27. The molecule has 1 unspecified atom stereocenters. The fourth-order valence-corrected chi connectivity index (χ4v) is 1.70. The van der Waals surface area contributed by atoms with Gasteiger partial charge in [-0.1, -0.05) is 6.92 Å². The van der Waals surface area contributed by atoms with Gasteiger partial charge >= 0.3 is 6.18 Å². The first-order valence-corrected chi connectivity index (χ1v) is 5.99. The molecule has 1 rings (SSSR count). The van der Waals surface area contributed by atoms with Crippen molar-refractivity contribution in [2.75, 3.05) is 25.5 Å². The second-order valence-electron chi connectivity index (χ2n) is 4.18. The first-order valence-electron chi connectivity index (χ1n) is 5.99. The van der Waals surface area contributed by atoms with Crippen LogP contribution in [0.3, 0.4) is 0 Å². The van der Waals surface area contributed by atoms with Gasteiger partial charge in [0.1, 0.15) is 12.4 Å². The molecule has 0 aliphatic heterocycles. The van der Waals surface area contributed by atoms with Crippen LogP contribution in [0.25, 0.3) is 0 Å². The fourth-order valence-electron chi connectivity index (χ4n) is 1.70. The van der Waals surface area contributed by atoms with Crippen molar-refractivity contribution in [1.82, 2.24) is 10.3 Å². The highest BCUT2D eigenvalue weighted by atomic mass is 19.4. The number of aromatic nitrogens is 1. The zero-order valence-corrected chi connectivity index (χ0v) is 10.7. The molecule has 1 aromatic heterocycles. The summed E-state index contributed by atoms with van der Waals surface area (Å²) in [6.07, 6.45) is -2.18. The SMILES string of the molecule is CCNC(COCC(F)(F)F)Cc1ccnc(N)c1. The highest BCUT2D eigenvalue weighted by Crippen LogP contribution is 2.15. The number of nitrogens with two attached hydrogens (primary N) is 1. The Morgan fingerprint density at radius 3 is 2.79 bits per heavy atom. The third-order valence-electron chi connectivity index (χ3n) is 2.41. The minimum atomic E-state index is -4.29. The Morgan fingerprint density at radius 2 is 2.21 bits per heavy atom. The third-order valence-corrected chi connectivity index (χ3v) is 2.41. The van der Waals surface area contributed by atoms with Gasteiger partial charge in [0.2, 0.25) is 0 Å². The first-order chi connectivity index (χ1) is 8.90. The molecule has 0 saturated carbocycles. The number of alkyl halides is 3. The summed E-state index contributed by atoms with van der Waals surface area (Å²) >= 11 is 0. The third kappa shape index (κ3) is 6.97. The fraction of sp³-hybridized carbons (Fsp3) is 0.583. The summed E-state index contributed by atoms with van der Waals surface area (Å²) < 4.78 is 40.7. The smallest absolute Gasteiger partial charge is 0.384 e. The molecule has 19 heavy (non-hydrogen) atoms. The van der Waals surface area contributed by atoms with Gasteiger partial charge in [-0.2, -0.15) is 13.2 Å². The Labute approximate surface area is 110 Å². The largest absolute Gasteiger partial charge is 0.411 e. The lowest BCUT2D eigenvalue weighted by molar-refractivity contribution is -0.175. The molecule has 0 saturated heterocycles. The van der Waals surface area contributed by atoms with Gasteiger partial charge in [-0.05, 0) is 30.7 Å². The van der Waals surface area contributed by atoms with Crippen LogP contribution in [-0.4, -0.2) is 37.0 Å². The van der Waals surface area contributed by atoms with Gasteiger partial charge in [0.05, 0.1) is 6.61 Å². The molecule has 0 fully saturated rings. The van der Waals surface area contributed by atoms with E-state index in [0.29, 0.717) is 18.8 Å². The van der Waals surface area contributed by atoms with E-state index in [4.69, 9.17) is 5.73 Å². The normalized spacial score (nSPS) is 13.5. The zero-order chi connectivity index (χ0) is 14.3. The van der Waals surface area contributed by atoms with Crippen molar-refractivity contribution < 1.29 is 17.9 Å². The van der Waals surface area contributed by atoms with Crippen molar-refractivity contribution in [2.45, 2.75) is 25.6 Å². The predicted molar refractivity (Wildman–Crippen MR) is 66.7 cm³/mol. The summed E-state index contributed by atoms with van der Waals surface area (Å²) in [5.74, 6) is 0.393. The number of nitrogens with one attached hydrogen (secondary N) is 1. The minimum absolute atomic E-state index is 0.00439. The average molecular weight is 277 g/mol. The van der Waals surface area contributed by atoms with Crippen LogP contribution in [0.1, 0.15) is 12.5 Å². The summed E-state index contributed by atoms with van der Waals surface area (Å²) in [4.78, 5) is 3.86. The van der Waals surface area contributed by atoms with Crippen LogP contribution < -0.4 is 11.1 Å². The molecule has 1 atom stereocenters. The van der Waals surface area contributed by atoms with Crippen LogP contribution in [0, 0.1) is 0 Å². The van der Waals surface area contributed by atoms with E-state index in [1.807, 2.05) is 6.92 Å². The number of halogens is 3. The van der Waals surface area contributed by atoms with Crippen molar-refractivity contribution in [3.63, 3.8) is 0 Å². The zero-order valence-electron chi connectivity index (χ0n) is 10.7. The van der Waals surface area contributed by atoms with E-state index in [1.165, 1.54) is 0 Å². The molecule has 0 aromatic carbocycles. The quantitative estimate of drug-likeness (QED) is 0.797. The summed E-state index contributed by atoms with van der Waals surface area (Å²) in [6, 6.07) is 3.30. The number of anilines is 1. The van der Waals surface area contributed by atoms with Crippen molar-refractivity contribution in [3.05, 3.63) is 23.9 Å². The second-order valence-corrected chi connectivity index (χ2v) is 4.18. The first kappa shape index (κ1) is 15.7. The number of pyridine rings is 1. The molecular formula is C12H18F3N3O. The Balaban J connectivity index is 2.48. The van der Waals surface area contributed by atoms with E-state index in [-0.39, 0.29) is 12.6 Å². The Morgan fingerprint density at radius 1 is 1.47 bits per heavy atom. The van der Waals surface area contributed by atoms with Gasteiger partial charge in [0.25, 0.3) is 0 Å². The van der Waals surface area contributed by atoms with Gasteiger partial charge in [-0.15, -0.1) is 0 Å². The van der Waals surface area contributed by atoms with Gasteiger partial charge in [-0.25, -0.2) is 4.98 Å². The number of likely N-dealkylation sites (N-methyl/N-ethyl adjacent to an activating group) is 1. The molecule has 3 N–H and O–H groups in total. The molecule has 1 heterocycles. The number of ether oxygens (including phenoxy) is 1. The Kier molecular flexibility index (Phi) is 6.04. The maximum Gasteiger partial charge on any atom is 0.411 e. The molecule has 0 amide bonds. The lowest BCUT2D eigenvalue weighted by Gasteiger charge is -2.18. The van der Waals surface area contributed by atoms with Crippen LogP contribution in [0.2, 0.25) is 0 Å². The van der Waals surface area contributed by atoms with Gasteiger partial charge in [0.15, 0.2) is 0 Å². The number of hydrogen-bond donors (Lipinski definition) is 2. The number of rotatable bonds is 7. The summed E-state index contributed by atoms with van der Waals surface area (Å²) in [7, 11) is 0. The number of hydrogen-bond acceptors (Lipinski definition) is 4. The van der Waals surface area contributed by atoms with Crippen molar-refractivity contribution in [2.24, 2.45) is 0 Å². The molecule has 0 aliphatic rings. The number of nitrogen functional groups attached to an aromatic ring is 1. The Bertz CT molecular complexity index is 385. The van der Waals surface area contributed by atoms with Crippen molar-refractivity contribution in [1.29, 1.82) is 0 Å². The molecule has 4 nitrogen and oxygen atoms in total. The van der Waals surface area contributed by atoms with E-state index in [2.05, 4.69) is 15.0 Å². The highest BCUT2D eigenvalue weighted by molar-refractivity contribution is 5.32. The van der Waals surface area contributed by atoms with Gasteiger partial charge in [-0.3, -0.25) is 0 Å². The second kappa shape index (κ2) is 7.30. The van der Waals surface area contributed by atoms with Crippen LogP contribution in [0.15, 0.2) is 18.3 Å². The highest BCUT2D eigenvalue weighted by Gasteiger charge is 2.27. The summed E-state index contributed by atoms with van der Waals surface area (Å²) in [5, 5.41) is 3.08. The number of nitrogens with zero attached hydrogens (tertiary/aromatic N) is 1. The van der Waals surface area contributed by atoms with Gasteiger partial charge in [0, 0.05) is 12.2 Å². The summed E-state index contributed by atoms with van der Waals surface area (Å²) in [5.41, 5.74) is 6.47. The minimum Gasteiger partial charge on any atom is -0.384 e. The van der Waals surface area contributed by atoms with E-state index in [9.17, 15) is 13.2 Å². The predicted octanol–water partition coefficient (Wildman–Crippen LogP) is 1.76. The molecule has 1 aromatic rings. The maximum atomic E-state index is 12.0. The van der Waals surface area contributed by atoms with Crippen LogP contribution in [-0.2, 0) is 11.2 Å². The molecule has 0 aliphatic carbocycles. The molecule has 0 radical (unpaired) electrons. The van der Waals surface area contributed by atoms with E-state index in [0.717, 1.165) is 5.56 Å². The molecule has 0 spiro atoms. The molecule has 108 valence electrons. The maximum absolute atomic E-state index is 12.0. The van der Waals surface area contributed by atoms with Crippen LogP contribution >= 0.6 is 0 Å². The van der Waals surface area contributed by atoms with Gasteiger partial charge < -0.3 is 15.8 Å². The van der Waals surface area contributed by atoms with Crippen LogP contribution in [0.4, 0.5) is 19.0 Å². The molecular weight excluding hydrogens is 259 g/mol. The van der Waals surface area contributed by atoms with Crippen molar-refractivity contribution >= 4 is 5.82 Å². The van der Waals surface area contributed by atoms with Crippen molar-refractivity contribution in [3.8, 4) is 0 Å². The monoisotopic (exact) mass is 277 g/mol. The van der Waals surface area contributed by atoms with E-state index >= 15 is 0 Å². The lowest BCUT2D eigenvalue weighted by Crippen LogP contribution is -2.36. The lowest BCUT2D eigenvalue weighted by atomic mass is 10.1. The molecule has 7 heteroatoms. The Hall–Kier alpha value is -1.34. The van der Waals surface area contributed by atoms with Crippen LogP contribution in [0.5, 0.6) is 0 Å². The standard InChI is InChI=1S/C12H18F3N3O/c1-2-17-10(7-19-8-12(13,14)15)5-9-3-4-18-11(16)6-9/h3-4,6,10,17H,2,5,7-8H2,1H3,(H2,16,18). The van der Waals surface area contributed by atoms with E-state index < -0.39 is 12.8 Å². The summed E-state index contributed by atoms with van der Waals surface area (Å²) in [6.45, 7) is 1.31. The topological polar surface area (TPSA) is 60.2 Å². The molecule has 0 bridgehead atoms.